The molecule has 3 rings (SSSR count). The molecule has 0 bridgehead atoms. The summed E-state index contributed by atoms with van der Waals surface area (Å²) in [6, 6.07) is 5.47. The van der Waals surface area contributed by atoms with Crippen LogP contribution in [0.25, 0.3) is 0 Å². The maximum absolute atomic E-state index is 12.1. The number of rotatable bonds is 5. The fourth-order valence-electron chi connectivity index (χ4n) is 2.32. The van der Waals surface area contributed by atoms with Gasteiger partial charge in [-0.25, -0.2) is 0 Å². The fraction of sp³-hybridized carbons (Fsp3) is 0.400. The summed E-state index contributed by atoms with van der Waals surface area (Å²) in [7, 11) is 0. The van der Waals surface area contributed by atoms with E-state index in [0.29, 0.717) is 18.0 Å². The number of fused-ring (bicyclic) bond motifs is 1. The van der Waals surface area contributed by atoms with E-state index >= 15 is 0 Å². The maximum atomic E-state index is 12.1. The van der Waals surface area contributed by atoms with Crippen molar-refractivity contribution in [2.24, 2.45) is 0 Å². The SMILES string of the molecule is C[C@@H](CNC(=O)c1cc2n(n1)CCNC2)Oc1cccnc1. The predicted octanol–water partition coefficient (Wildman–Crippen LogP) is 0.579. The number of carbonyl (C=O) groups excluding carboxylic acids is 1. The Bertz CT molecular complexity index is 617. The Balaban J connectivity index is 1.52. The number of pyridine rings is 1. The zero-order valence-electron chi connectivity index (χ0n) is 12.5. The molecule has 1 atom stereocenters. The third-order valence-electron chi connectivity index (χ3n) is 3.42. The van der Waals surface area contributed by atoms with Gasteiger partial charge in [-0.15, -0.1) is 0 Å². The lowest BCUT2D eigenvalue weighted by atomic mass is 10.3. The molecule has 7 nitrogen and oxygen atoms in total. The van der Waals surface area contributed by atoms with Crippen LogP contribution in [-0.4, -0.2) is 39.9 Å². The topological polar surface area (TPSA) is 81.1 Å². The monoisotopic (exact) mass is 301 g/mol. The van der Waals surface area contributed by atoms with Crippen molar-refractivity contribution in [1.29, 1.82) is 0 Å². The highest BCUT2D eigenvalue weighted by Gasteiger charge is 2.17. The molecule has 1 aliphatic heterocycles. The standard InChI is InChI=1S/C15H19N5O2/c1-11(22-13-3-2-4-16-10-13)8-18-15(21)14-7-12-9-17-5-6-20(12)19-14/h2-4,7,10-11,17H,5-6,8-9H2,1H3,(H,18,21)/t11-/m0/s1. The Morgan fingerprint density at radius 3 is 3.27 bits per heavy atom. The summed E-state index contributed by atoms with van der Waals surface area (Å²) in [5, 5.41) is 10.4. The van der Waals surface area contributed by atoms with Gasteiger partial charge < -0.3 is 15.4 Å². The molecule has 22 heavy (non-hydrogen) atoms. The van der Waals surface area contributed by atoms with Crippen molar-refractivity contribution in [2.45, 2.75) is 26.1 Å². The van der Waals surface area contributed by atoms with Crippen LogP contribution < -0.4 is 15.4 Å². The van der Waals surface area contributed by atoms with Gasteiger partial charge in [0.15, 0.2) is 0 Å². The second-order valence-corrected chi connectivity index (χ2v) is 5.25. The molecule has 7 heteroatoms. The van der Waals surface area contributed by atoms with Gasteiger partial charge in [-0.1, -0.05) is 0 Å². The first-order chi connectivity index (χ1) is 10.7. The van der Waals surface area contributed by atoms with Crippen LogP contribution in [0.4, 0.5) is 0 Å². The molecule has 3 heterocycles. The normalized spacial score (nSPS) is 15.0. The molecule has 0 saturated carbocycles. The van der Waals surface area contributed by atoms with Gasteiger partial charge in [-0.3, -0.25) is 14.5 Å². The van der Waals surface area contributed by atoms with Crippen LogP contribution in [0.3, 0.4) is 0 Å². The zero-order chi connectivity index (χ0) is 15.4. The van der Waals surface area contributed by atoms with Gasteiger partial charge in [0.25, 0.3) is 5.91 Å². The van der Waals surface area contributed by atoms with Gasteiger partial charge in [0, 0.05) is 19.3 Å². The molecule has 2 N–H and O–H groups in total. The smallest absolute Gasteiger partial charge is 0.271 e. The van der Waals surface area contributed by atoms with Crippen LogP contribution in [0.1, 0.15) is 23.1 Å². The van der Waals surface area contributed by atoms with E-state index in [9.17, 15) is 4.79 Å². The molecule has 0 spiro atoms. The van der Waals surface area contributed by atoms with Gasteiger partial charge in [0.1, 0.15) is 17.5 Å². The number of amides is 1. The number of carbonyl (C=O) groups is 1. The highest BCUT2D eigenvalue weighted by Crippen LogP contribution is 2.09. The van der Waals surface area contributed by atoms with Crippen molar-refractivity contribution in [1.82, 2.24) is 25.4 Å². The first-order valence-corrected chi connectivity index (χ1v) is 7.34. The molecule has 116 valence electrons. The Labute approximate surface area is 128 Å². The first kappa shape index (κ1) is 14.5. The second kappa shape index (κ2) is 6.57. The average Bonchev–Trinajstić information content (AvgIpc) is 2.98. The van der Waals surface area contributed by atoms with E-state index in [1.165, 1.54) is 0 Å². The van der Waals surface area contributed by atoms with Crippen molar-refractivity contribution in [3.8, 4) is 5.75 Å². The van der Waals surface area contributed by atoms with Crippen LogP contribution in [0.2, 0.25) is 0 Å². The molecule has 0 unspecified atom stereocenters. The van der Waals surface area contributed by atoms with Crippen molar-refractivity contribution < 1.29 is 9.53 Å². The first-order valence-electron chi connectivity index (χ1n) is 7.34. The minimum absolute atomic E-state index is 0.146. The van der Waals surface area contributed by atoms with Crippen LogP contribution in [0.15, 0.2) is 30.6 Å². The van der Waals surface area contributed by atoms with E-state index in [2.05, 4.69) is 20.7 Å². The summed E-state index contributed by atoms with van der Waals surface area (Å²) in [4.78, 5) is 16.1. The molecule has 1 aliphatic rings. The molecular weight excluding hydrogens is 282 g/mol. The Hall–Kier alpha value is -2.41. The van der Waals surface area contributed by atoms with E-state index in [-0.39, 0.29) is 12.0 Å². The zero-order valence-corrected chi connectivity index (χ0v) is 12.5. The van der Waals surface area contributed by atoms with Crippen molar-refractivity contribution >= 4 is 5.91 Å². The summed E-state index contributed by atoms with van der Waals surface area (Å²) in [5.41, 5.74) is 1.49. The third-order valence-corrected chi connectivity index (χ3v) is 3.42. The quantitative estimate of drug-likeness (QED) is 0.844. The summed E-state index contributed by atoms with van der Waals surface area (Å²) in [6.45, 7) is 4.74. The van der Waals surface area contributed by atoms with Gasteiger partial charge >= 0.3 is 0 Å². The van der Waals surface area contributed by atoms with Gasteiger partial charge in [-0.2, -0.15) is 5.10 Å². The fourth-order valence-corrected chi connectivity index (χ4v) is 2.32. The van der Waals surface area contributed by atoms with Crippen LogP contribution >= 0.6 is 0 Å². The van der Waals surface area contributed by atoms with Crippen molar-refractivity contribution in [3.05, 3.63) is 42.0 Å². The molecule has 0 aliphatic carbocycles. The summed E-state index contributed by atoms with van der Waals surface area (Å²) < 4.78 is 7.55. The predicted molar refractivity (Wildman–Crippen MR) is 80.6 cm³/mol. The molecular formula is C15H19N5O2. The third kappa shape index (κ3) is 3.43. The summed E-state index contributed by atoms with van der Waals surface area (Å²) in [6.07, 6.45) is 3.19. The highest BCUT2D eigenvalue weighted by atomic mass is 16.5. The Morgan fingerprint density at radius 2 is 2.50 bits per heavy atom. The van der Waals surface area contributed by atoms with Crippen LogP contribution in [-0.2, 0) is 13.1 Å². The van der Waals surface area contributed by atoms with E-state index in [0.717, 1.165) is 25.3 Å². The Morgan fingerprint density at radius 1 is 1.59 bits per heavy atom. The van der Waals surface area contributed by atoms with E-state index < -0.39 is 0 Å². The Kier molecular flexibility index (Phi) is 4.34. The number of aromatic nitrogens is 3. The highest BCUT2D eigenvalue weighted by molar-refractivity contribution is 5.92. The molecule has 2 aromatic rings. The van der Waals surface area contributed by atoms with Gasteiger partial charge in [0.2, 0.25) is 0 Å². The van der Waals surface area contributed by atoms with E-state index in [4.69, 9.17) is 4.74 Å². The largest absolute Gasteiger partial charge is 0.487 e. The lowest BCUT2D eigenvalue weighted by molar-refractivity contribution is 0.0926. The average molecular weight is 301 g/mol. The van der Waals surface area contributed by atoms with E-state index in [1.807, 2.05) is 29.8 Å². The molecule has 2 aromatic heterocycles. The molecule has 0 saturated heterocycles. The van der Waals surface area contributed by atoms with Crippen LogP contribution in [0.5, 0.6) is 5.75 Å². The second-order valence-electron chi connectivity index (χ2n) is 5.25. The molecule has 0 fully saturated rings. The number of hydrogen-bond acceptors (Lipinski definition) is 5. The minimum atomic E-state index is -0.177. The van der Waals surface area contributed by atoms with E-state index in [1.54, 1.807) is 12.4 Å². The van der Waals surface area contributed by atoms with Crippen LogP contribution in [0, 0.1) is 0 Å². The number of ether oxygens (including phenoxy) is 1. The molecule has 0 aromatic carbocycles. The number of nitrogens with one attached hydrogen (secondary N) is 2. The van der Waals surface area contributed by atoms with Crippen molar-refractivity contribution in [2.75, 3.05) is 13.1 Å². The lowest BCUT2D eigenvalue weighted by Gasteiger charge is -2.14. The molecule has 0 radical (unpaired) electrons. The summed E-state index contributed by atoms with van der Waals surface area (Å²) >= 11 is 0. The van der Waals surface area contributed by atoms with Crippen molar-refractivity contribution in [3.63, 3.8) is 0 Å². The minimum Gasteiger partial charge on any atom is -0.487 e. The number of nitrogens with zero attached hydrogens (tertiary/aromatic N) is 3. The molecule has 1 amide bonds. The van der Waals surface area contributed by atoms with Gasteiger partial charge in [-0.05, 0) is 25.1 Å². The lowest BCUT2D eigenvalue weighted by Crippen LogP contribution is -2.34. The van der Waals surface area contributed by atoms with Gasteiger partial charge in [0.05, 0.1) is 25.0 Å². The maximum Gasteiger partial charge on any atom is 0.271 e. The summed E-state index contributed by atoms with van der Waals surface area (Å²) in [5.74, 6) is 0.510. The number of hydrogen-bond donors (Lipinski definition) is 2.